The first kappa shape index (κ1) is 22.9. The Morgan fingerprint density at radius 3 is 2.32 bits per heavy atom. The van der Waals surface area contributed by atoms with Gasteiger partial charge in [0.2, 0.25) is 0 Å². The molecule has 0 aliphatic heterocycles. The van der Waals surface area contributed by atoms with E-state index in [0.717, 1.165) is 0 Å². The summed E-state index contributed by atoms with van der Waals surface area (Å²) in [6.45, 7) is 0. The molecule has 3 aromatic carbocycles. The number of benzene rings is 3. The first-order valence-electron chi connectivity index (χ1n) is 8.85. The predicted molar refractivity (Wildman–Crippen MR) is 124 cm³/mol. The van der Waals surface area contributed by atoms with Crippen LogP contribution in [0.25, 0.3) is 0 Å². The lowest BCUT2D eigenvalue weighted by atomic mass is 10.2. The topological polar surface area (TPSA) is 93.7 Å². The van der Waals surface area contributed by atoms with Gasteiger partial charge in [-0.3, -0.25) is 9.52 Å². The maximum atomic E-state index is 12.8. The van der Waals surface area contributed by atoms with E-state index in [0.29, 0.717) is 32.2 Å². The Morgan fingerprint density at radius 2 is 1.68 bits per heavy atom. The molecule has 7 nitrogen and oxygen atoms in total. The summed E-state index contributed by atoms with van der Waals surface area (Å²) in [5, 5.41) is 2.99. The van der Waals surface area contributed by atoms with Crippen LogP contribution >= 0.6 is 27.5 Å². The van der Waals surface area contributed by atoms with Crippen molar-refractivity contribution < 1.29 is 22.7 Å². The molecule has 2 N–H and O–H groups in total. The second-order valence-corrected chi connectivity index (χ2v) is 9.28. The van der Waals surface area contributed by atoms with Crippen LogP contribution in [0.3, 0.4) is 0 Å². The maximum absolute atomic E-state index is 12.8. The van der Waals surface area contributed by atoms with Gasteiger partial charge in [-0.15, -0.1) is 0 Å². The quantitative estimate of drug-likeness (QED) is 0.444. The summed E-state index contributed by atoms with van der Waals surface area (Å²) in [7, 11) is -0.987. The van der Waals surface area contributed by atoms with Gasteiger partial charge in [-0.1, -0.05) is 27.5 Å². The SMILES string of the molecule is COc1ccc(OC)c(NS(=O)(=O)c2ccc(NC(=O)c3cc(Br)ccc3Cl)cc2)c1. The molecule has 0 atom stereocenters. The van der Waals surface area contributed by atoms with Crippen molar-refractivity contribution in [1.82, 2.24) is 0 Å². The highest BCUT2D eigenvalue weighted by Crippen LogP contribution is 2.31. The molecule has 0 saturated carbocycles. The lowest BCUT2D eigenvalue weighted by Gasteiger charge is -2.13. The van der Waals surface area contributed by atoms with Gasteiger partial charge in [-0.2, -0.15) is 0 Å². The minimum atomic E-state index is -3.91. The average Bonchev–Trinajstić information content (AvgIpc) is 2.75. The molecule has 0 radical (unpaired) electrons. The number of anilines is 2. The summed E-state index contributed by atoms with van der Waals surface area (Å²) in [5.74, 6) is 0.406. The maximum Gasteiger partial charge on any atom is 0.262 e. The molecule has 0 aliphatic rings. The van der Waals surface area contributed by atoms with Crippen molar-refractivity contribution in [3.8, 4) is 11.5 Å². The molecule has 3 aromatic rings. The molecule has 0 aliphatic carbocycles. The monoisotopic (exact) mass is 524 g/mol. The van der Waals surface area contributed by atoms with E-state index in [2.05, 4.69) is 26.0 Å². The molecule has 0 saturated heterocycles. The van der Waals surface area contributed by atoms with E-state index in [4.69, 9.17) is 21.1 Å². The summed E-state index contributed by atoms with van der Waals surface area (Å²) < 4.78 is 39.1. The third-order valence-corrected chi connectivity index (χ3v) is 6.45. The summed E-state index contributed by atoms with van der Waals surface area (Å²) >= 11 is 9.38. The van der Waals surface area contributed by atoms with Crippen LogP contribution in [0, 0.1) is 0 Å². The van der Waals surface area contributed by atoms with E-state index >= 15 is 0 Å². The van der Waals surface area contributed by atoms with Crippen LogP contribution in [0.4, 0.5) is 11.4 Å². The normalized spacial score (nSPS) is 11.0. The molecule has 0 heterocycles. The predicted octanol–water partition coefficient (Wildman–Crippen LogP) is 5.17. The zero-order chi connectivity index (χ0) is 22.6. The number of methoxy groups -OCH3 is 2. The first-order valence-corrected chi connectivity index (χ1v) is 11.5. The summed E-state index contributed by atoms with van der Waals surface area (Å²) in [6, 6.07) is 15.4. The molecule has 0 aromatic heterocycles. The van der Waals surface area contributed by atoms with Crippen LogP contribution in [-0.2, 0) is 10.0 Å². The molecule has 31 heavy (non-hydrogen) atoms. The number of carbonyl (C=O) groups excluding carboxylic acids is 1. The van der Waals surface area contributed by atoms with Crippen LogP contribution in [0.1, 0.15) is 10.4 Å². The highest BCUT2D eigenvalue weighted by molar-refractivity contribution is 9.10. The first-order chi connectivity index (χ1) is 14.7. The van der Waals surface area contributed by atoms with Crippen molar-refractivity contribution in [3.63, 3.8) is 0 Å². The van der Waals surface area contributed by atoms with E-state index in [1.165, 1.54) is 44.6 Å². The van der Waals surface area contributed by atoms with E-state index in [1.807, 2.05) is 0 Å². The third-order valence-electron chi connectivity index (χ3n) is 4.25. The largest absolute Gasteiger partial charge is 0.497 e. The summed E-state index contributed by atoms with van der Waals surface area (Å²) in [6.07, 6.45) is 0. The Balaban J connectivity index is 1.79. The van der Waals surface area contributed by atoms with Crippen molar-refractivity contribution in [2.75, 3.05) is 24.3 Å². The molecule has 0 fully saturated rings. The molecule has 0 bridgehead atoms. The zero-order valence-corrected chi connectivity index (χ0v) is 19.6. The summed E-state index contributed by atoms with van der Waals surface area (Å²) in [4.78, 5) is 12.5. The Hall–Kier alpha value is -2.75. The molecular formula is C21H18BrClN2O5S. The van der Waals surface area contributed by atoms with Crippen molar-refractivity contribution in [2.24, 2.45) is 0 Å². The van der Waals surface area contributed by atoms with Crippen molar-refractivity contribution >= 4 is 54.8 Å². The number of ether oxygens (including phenoxy) is 2. The van der Waals surface area contributed by atoms with Crippen molar-refractivity contribution in [2.45, 2.75) is 4.90 Å². The van der Waals surface area contributed by atoms with Gasteiger partial charge in [0, 0.05) is 16.2 Å². The Morgan fingerprint density at radius 1 is 0.968 bits per heavy atom. The Kier molecular flexibility index (Phi) is 7.09. The lowest BCUT2D eigenvalue weighted by molar-refractivity contribution is 0.102. The smallest absolute Gasteiger partial charge is 0.262 e. The standard InChI is InChI=1S/C21H18BrClN2O5S/c1-29-15-6-10-20(30-2)19(12-15)25-31(27,28)16-7-4-14(5-8-16)24-21(26)17-11-13(22)3-9-18(17)23/h3-12,25H,1-2H3,(H,24,26). The lowest BCUT2D eigenvalue weighted by Crippen LogP contribution is -2.15. The van der Waals surface area contributed by atoms with E-state index in [-0.39, 0.29) is 10.6 Å². The van der Waals surface area contributed by atoms with Crippen molar-refractivity contribution in [1.29, 1.82) is 0 Å². The second-order valence-electron chi connectivity index (χ2n) is 6.27. The van der Waals surface area contributed by atoms with Crippen LogP contribution in [-0.4, -0.2) is 28.5 Å². The number of amides is 1. The molecule has 10 heteroatoms. The van der Waals surface area contributed by atoms with Gasteiger partial charge in [0.15, 0.2) is 0 Å². The Bertz CT molecular complexity index is 1220. The van der Waals surface area contributed by atoms with Gasteiger partial charge in [-0.25, -0.2) is 8.42 Å². The highest BCUT2D eigenvalue weighted by Gasteiger charge is 2.18. The minimum absolute atomic E-state index is 0.0101. The van der Waals surface area contributed by atoms with Gasteiger partial charge in [0.1, 0.15) is 11.5 Å². The van der Waals surface area contributed by atoms with E-state index in [1.54, 1.807) is 30.3 Å². The number of carbonyl (C=O) groups is 1. The minimum Gasteiger partial charge on any atom is -0.497 e. The van der Waals surface area contributed by atoms with Gasteiger partial charge in [0.05, 0.1) is 35.4 Å². The van der Waals surface area contributed by atoms with Crippen molar-refractivity contribution in [3.05, 3.63) is 75.7 Å². The number of rotatable bonds is 7. The number of hydrogen-bond donors (Lipinski definition) is 2. The van der Waals surface area contributed by atoms with Crippen LogP contribution in [0.15, 0.2) is 70.0 Å². The number of halogens is 2. The fraction of sp³-hybridized carbons (Fsp3) is 0.0952. The van der Waals surface area contributed by atoms with Crippen LogP contribution < -0.4 is 19.5 Å². The van der Waals surface area contributed by atoms with E-state index < -0.39 is 15.9 Å². The van der Waals surface area contributed by atoms with E-state index in [9.17, 15) is 13.2 Å². The van der Waals surface area contributed by atoms with Gasteiger partial charge in [0.25, 0.3) is 15.9 Å². The molecule has 0 unspecified atom stereocenters. The van der Waals surface area contributed by atoms with Crippen LogP contribution in [0.2, 0.25) is 5.02 Å². The summed E-state index contributed by atoms with van der Waals surface area (Å²) in [5.41, 5.74) is 0.946. The van der Waals surface area contributed by atoms with Gasteiger partial charge >= 0.3 is 0 Å². The average molecular weight is 526 g/mol. The number of nitrogens with one attached hydrogen (secondary N) is 2. The zero-order valence-electron chi connectivity index (χ0n) is 16.5. The molecule has 1 amide bonds. The molecular weight excluding hydrogens is 508 g/mol. The number of hydrogen-bond acceptors (Lipinski definition) is 5. The fourth-order valence-electron chi connectivity index (χ4n) is 2.68. The highest BCUT2D eigenvalue weighted by atomic mass is 79.9. The van der Waals surface area contributed by atoms with Crippen LogP contribution in [0.5, 0.6) is 11.5 Å². The molecule has 0 spiro atoms. The fourth-order valence-corrected chi connectivity index (χ4v) is 4.31. The second kappa shape index (κ2) is 9.59. The Labute approximate surface area is 193 Å². The molecule has 162 valence electrons. The van der Waals surface area contributed by atoms with Gasteiger partial charge in [-0.05, 0) is 54.6 Å². The molecule has 3 rings (SSSR count). The van der Waals surface area contributed by atoms with Gasteiger partial charge < -0.3 is 14.8 Å². The third kappa shape index (κ3) is 5.49. The number of sulfonamides is 1.